The van der Waals surface area contributed by atoms with Crippen molar-refractivity contribution in [1.82, 2.24) is 0 Å². The van der Waals surface area contributed by atoms with Gasteiger partial charge >= 0.3 is 0 Å². The van der Waals surface area contributed by atoms with Gasteiger partial charge < -0.3 is 5.11 Å². The number of hydrogen-bond acceptors (Lipinski definition) is 1. The summed E-state index contributed by atoms with van der Waals surface area (Å²) in [6.07, 6.45) is 21.8. The molecule has 5 atom stereocenters. The maximum Gasteiger partial charge on any atom is 0.0822 e. The Balaban J connectivity index is 1.73. The number of allylic oxidation sites excluding steroid dienone is 8. The van der Waals surface area contributed by atoms with Gasteiger partial charge in [-0.25, -0.2) is 0 Å². The van der Waals surface area contributed by atoms with Crippen LogP contribution in [0.3, 0.4) is 0 Å². The quantitative estimate of drug-likeness (QED) is 0.395. The molecule has 2 fully saturated rings. The van der Waals surface area contributed by atoms with Gasteiger partial charge in [-0.05, 0) is 98.0 Å². The molecule has 0 radical (unpaired) electrons. The molecule has 0 bridgehead atoms. The highest BCUT2D eigenvalue weighted by Crippen LogP contribution is 2.57. The third kappa shape index (κ3) is 5.24. The number of hydrogen-bond donors (Lipinski definition) is 1. The first-order valence-corrected chi connectivity index (χ1v) is 13.3. The molecule has 0 amide bonds. The average Bonchev–Trinajstić information content (AvgIpc) is 3.12. The number of fused-ring (bicyclic) bond motifs is 1. The number of rotatable bonds is 7. The van der Waals surface area contributed by atoms with Crippen molar-refractivity contribution in [2.75, 3.05) is 0 Å². The minimum Gasteiger partial charge on any atom is -0.386 e. The van der Waals surface area contributed by atoms with Gasteiger partial charge in [0.05, 0.1) is 5.60 Å². The van der Waals surface area contributed by atoms with E-state index >= 15 is 0 Å². The first-order chi connectivity index (χ1) is 15.1. The van der Waals surface area contributed by atoms with Crippen LogP contribution in [0.4, 0.5) is 0 Å². The molecule has 1 N–H and O–H groups in total. The molecule has 5 unspecified atom stereocenters. The van der Waals surface area contributed by atoms with E-state index in [-0.39, 0.29) is 0 Å². The van der Waals surface area contributed by atoms with Gasteiger partial charge in [0.1, 0.15) is 0 Å². The van der Waals surface area contributed by atoms with E-state index in [1.165, 1.54) is 49.7 Å². The van der Waals surface area contributed by atoms with Crippen LogP contribution in [0, 0.1) is 29.1 Å². The van der Waals surface area contributed by atoms with Crippen molar-refractivity contribution in [3.8, 4) is 0 Å². The molecule has 0 saturated heterocycles. The Morgan fingerprint density at radius 1 is 1.25 bits per heavy atom. The molecule has 3 rings (SSSR count). The standard InChI is InChI=1S/C31H48O/c1-8-31(32,9-2)19-10-12-23(4)28-16-17-29-26(13-11-18-30(28,29)7)14-15-27-21-22(3)20-24(5)25(27)6/h10,14-16,19,22-24,29,32H,6,8-9,11-13,17-18,20-21H2,1-5,7H3. The van der Waals surface area contributed by atoms with Gasteiger partial charge in [-0.15, -0.1) is 0 Å². The zero-order chi connectivity index (χ0) is 23.5. The smallest absolute Gasteiger partial charge is 0.0822 e. The van der Waals surface area contributed by atoms with E-state index in [1.807, 2.05) is 0 Å². The van der Waals surface area contributed by atoms with E-state index in [2.05, 4.69) is 78.5 Å². The monoisotopic (exact) mass is 436 g/mol. The van der Waals surface area contributed by atoms with Crippen molar-refractivity contribution in [2.24, 2.45) is 29.1 Å². The number of aliphatic hydroxyl groups is 1. The summed E-state index contributed by atoms with van der Waals surface area (Å²) in [7, 11) is 0. The molecule has 0 aromatic carbocycles. The van der Waals surface area contributed by atoms with Crippen LogP contribution in [0.1, 0.15) is 99.3 Å². The van der Waals surface area contributed by atoms with Crippen molar-refractivity contribution in [2.45, 2.75) is 105 Å². The molecule has 0 aromatic rings. The summed E-state index contributed by atoms with van der Waals surface area (Å²) in [4.78, 5) is 0. The van der Waals surface area contributed by atoms with Crippen molar-refractivity contribution >= 4 is 0 Å². The van der Waals surface area contributed by atoms with Crippen LogP contribution < -0.4 is 0 Å². The van der Waals surface area contributed by atoms with Gasteiger partial charge in [0.25, 0.3) is 0 Å². The Hall–Kier alpha value is -1.34. The normalized spacial score (nSPS) is 34.9. The predicted molar refractivity (Wildman–Crippen MR) is 139 cm³/mol. The lowest BCUT2D eigenvalue weighted by atomic mass is 9.62. The molecule has 32 heavy (non-hydrogen) atoms. The maximum atomic E-state index is 10.6. The Kier molecular flexibility index (Phi) is 8.13. The van der Waals surface area contributed by atoms with Gasteiger partial charge in [0, 0.05) is 0 Å². The SMILES string of the molecule is C=C1C(=CC=C2CCCC3(C)C(C(C)CC=CC(O)(CC)CC)=CCC23)CC(C)CC1C. The second-order valence-electron chi connectivity index (χ2n) is 11.5. The Bertz CT molecular complexity index is 802. The molecule has 0 spiro atoms. The Labute approximate surface area is 198 Å². The fourth-order valence-electron chi connectivity index (χ4n) is 6.75. The Morgan fingerprint density at radius 2 is 1.97 bits per heavy atom. The minimum atomic E-state index is -0.636. The van der Waals surface area contributed by atoms with E-state index in [0.29, 0.717) is 23.2 Å². The molecule has 0 aromatic heterocycles. The summed E-state index contributed by atoms with van der Waals surface area (Å²) in [6, 6.07) is 0. The van der Waals surface area contributed by atoms with Crippen LogP contribution in [0.25, 0.3) is 0 Å². The van der Waals surface area contributed by atoms with Crippen LogP contribution in [-0.2, 0) is 0 Å². The predicted octanol–water partition coefficient (Wildman–Crippen LogP) is 8.73. The fraction of sp³-hybridized carbons (Fsp3) is 0.677. The molecule has 3 aliphatic carbocycles. The summed E-state index contributed by atoms with van der Waals surface area (Å²) < 4.78 is 0. The summed E-state index contributed by atoms with van der Waals surface area (Å²) >= 11 is 0. The summed E-state index contributed by atoms with van der Waals surface area (Å²) in [6.45, 7) is 18.2. The molecule has 1 nitrogen and oxygen atoms in total. The van der Waals surface area contributed by atoms with Gasteiger partial charge in [-0.2, -0.15) is 0 Å². The van der Waals surface area contributed by atoms with Gasteiger partial charge in [-0.1, -0.05) is 89.6 Å². The lowest BCUT2D eigenvalue weighted by Gasteiger charge is -2.42. The van der Waals surface area contributed by atoms with Crippen LogP contribution in [0.2, 0.25) is 0 Å². The lowest BCUT2D eigenvalue weighted by Crippen LogP contribution is -2.32. The minimum absolute atomic E-state index is 0.297. The fourth-order valence-corrected chi connectivity index (χ4v) is 6.75. The highest BCUT2D eigenvalue weighted by molar-refractivity contribution is 5.39. The molecule has 2 saturated carbocycles. The molecule has 1 heteroatoms. The van der Waals surface area contributed by atoms with E-state index in [4.69, 9.17) is 0 Å². The van der Waals surface area contributed by atoms with Crippen molar-refractivity contribution in [3.63, 3.8) is 0 Å². The summed E-state index contributed by atoms with van der Waals surface area (Å²) in [5, 5.41) is 10.6. The van der Waals surface area contributed by atoms with Crippen molar-refractivity contribution < 1.29 is 5.11 Å². The van der Waals surface area contributed by atoms with Gasteiger partial charge in [0.2, 0.25) is 0 Å². The van der Waals surface area contributed by atoms with Crippen molar-refractivity contribution in [1.29, 1.82) is 0 Å². The van der Waals surface area contributed by atoms with E-state index < -0.39 is 5.60 Å². The second-order valence-corrected chi connectivity index (χ2v) is 11.5. The van der Waals surface area contributed by atoms with E-state index in [0.717, 1.165) is 25.2 Å². The van der Waals surface area contributed by atoms with Gasteiger partial charge in [-0.3, -0.25) is 0 Å². The zero-order valence-corrected chi connectivity index (χ0v) is 21.7. The second kappa shape index (κ2) is 10.3. The molecule has 0 heterocycles. The summed E-state index contributed by atoms with van der Waals surface area (Å²) in [5.74, 6) is 2.58. The third-order valence-corrected chi connectivity index (χ3v) is 9.11. The molecule has 178 valence electrons. The zero-order valence-electron chi connectivity index (χ0n) is 21.7. The van der Waals surface area contributed by atoms with Crippen LogP contribution in [0.15, 0.2) is 59.3 Å². The van der Waals surface area contributed by atoms with E-state index in [9.17, 15) is 5.11 Å². The van der Waals surface area contributed by atoms with Crippen LogP contribution in [-0.4, -0.2) is 10.7 Å². The van der Waals surface area contributed by atoms with Crippen LogP contribution in [0.5, 0.6) is 0 Å². The molecular weight excluding hydrogens is 388 g/mol. The highest BCUT2D eigenvalue weighted by Gasteiger charge is 2.45. The largest absolute Gasteiger partial charge is 0.386 e. The highest BCUT2D eigenvalue weighted by atomic mass is 16.3. The first-order valence-electron chi connectivity index (χ1n) is 13.3. The topological polar surface area (TPSA) is 20.2 Å². The van der Waals surface area contributed by atoms with Crippen molar-refractivity contribution in [3.05, 3.63) is 59.3 Å². The molecule has 0 aliphatic heterocycles. The Morgan fingerprint density at radius 3 is 2.66 bits per heavy atom. The van der Waals surface area contributed by atoms with Gasteiger partial charge in [0.15, 0.2) is 0 Å². The lowest BCUT2D eigenvalue weighted by molar-refractivity contribution is 0.0824. The average molecular weight is 437 g/mol. The summed E-state index contributed by atoms with van der Waals surface area (Å²) in [5.41, 5.74) is 5.83. The first kappa shape index (κ1) is 25.3. The molecular formula is C31H48O. The third-order valence-electron chi connectivity index (χ3n) is 9.11. The van der Waals surface area contributed by atoms with Crippen LogP contribution >= 0.6 is 0 Å². The van der Waals surface area contributed by atoms with E-state index in [1.54, 1.807) is 11.1 Å². The maximum absolute atomic E-state index is 10.6. The molecule has 3 aliphatic rings.